The number of rotatable bonds is 4. The molecule has 2 nitrogen and oxygen atoms in total. The predicted octanol–water partition coefficient (Wildman–Crippen LogP) is 4.40. The van der Waals surface area contributed by atoms with Crippen molar-refractivity contribution in [3.8, 4) is 11.5 Å². The maximum Gasteiger partial charge on any atom is 0.120 e. The molecule has 0 fully saturated rings. The van der Waals surface area contributed by atoms with Crippen LogP contribution in [0.25, 0.3) is 0 Å². The summed E-state index contributed by atoms with van der Waals surface area (Å²) in [6.07, 6.45) is 3.67. The standard InChI is InChI=1S/C19H22O2/c1-14-3-6-17-12-19(10-7-16(17)11-14)21-13-15-4-8-18(20-2)9-5-15/h4-5,7-10,12,14H,3,6,11,13H2,1-2H3. The highest BCUT2D eigenvalue weighted by Crippen LogP contribution is 2.28. The molecule has 1 unspecified atom stereocenters. The summed E-state index contributed by atoms with van der Waals surface area (Å²) in [5.41, 5.74) is 4.10. The first-order valence-corrected chi connectivity index (χ1v) is 7.62. The van der Waals surface area contributed by atoms with Crippen molar-refractivity contribution in [1.29, 1.82) is 0 Å². The van der Waals surface area contributed by atoms with E-state index in [9.17, 15) is 0 Å². The molecule has 0 bridgehead atoms. The summed E-state index contributed by atoms with van der Waals surface area (Å²) in [5, 5.41) is 0. The van der Waals surface area contributed by atoms with E-state index in [-0.39, 0.29) is 0 Å². The lowest BCUT2D eigenvalue weighted by molar-refractivity contribution is 0.305. The lowest BCUT2D eigenvalue weighted by Gasteiger charge is -2.22. The Morgan fingerprint density at radius 2 is 1.76 bits per heavy atom. The zero-order valence-corrected chi connectivity index (χ0v) is 12.8. The van der Waals surface area contributed by atoms with Gasteiger partial charge in [0.2, 0.25) is 0 Å². The summed E-state index contributed by atoms with van der Waals surface area (Å²) in [6, 6.07) is 14.6. The monoisotopic (exact) mass is 282 g/mol. The summed E-state index contributed by atoms with van der Waals surface area (Å²) < 4.78 is 11.1. The highest BCUT2D eigenvalue weighted by molar-refractivity contribution is 5.37. The summed E-state index contributed by atoms with van der Waals surface area (Å²) in [6.45, 7) is 2.93. The number of methoxy groups -OCH3 is 1. The van der Waals surface area contributed by atoms with Crippen LogP contribution in [-0.4, -0.2) is 7.11 Å². The van der Waals surface area contributed by atoms with Gasteiger partial charge in [-0.05, 0) is 66.1 Å². The fourth-order valence-electron chi connectivity index (χ4n) is 2.89. The van der Waals surface area contributed by atoms with Crippen molar-refractivity contribution in [2.45, 2.75) is 32.8 Å². The van der Waals surface area contributed by atoms with Crippen LogP contribution in [0, 0.1) is 5.92 Å². The topological polar surface area (TPSA) is 18.5 Å². The Kier molecular flexibility index (Phi) is 4.14. The third kappa shape index (κ3) is 3.38. The number of fused-ring (bicyclic) bond motifs is 1. The van der Waals surface area contributed by atoms with Gasteiger partial charge in [-0.1, -0.05) is 25.1 Å². The van der Waals surface area contributed by atoms with Gasteiger partial charge in [0.15, 0.2) is 0 Å². The second kappa shape index (κ2) is 6.21. The van der Waals surface area contributed by atoms with Crippen molar-refractivity contribution in [3.05, 3.63) is 59.2 Å². The van der Waals surface area contributed by atoms with Gasteiger partial charge in [0.05, 0.1) is 7.11 Å². The van der Waals surface area contributed by atoms with Gasteiger partial charge in [0.1, 0.15) is 18.1 Å². The van der Waals surface area contributed by atoms with Gasteiger partial charge in [-0.25, -0.2) is 0 Å². The molecular weight excluding hydrogens is 260 g/mol. The highest BCUT2D eigenvalue weighted by atomic mass is 16.5. The van der Waals surface area contributed by atoms with Crippen LogP contribution >= 0.6 is 0 Å². The highest BCUT2D eigenvalue weighted by Gasteiger charge is 2.15. The zero-order chi connectivity index (χ0) is 14.7. The molecule has 0 N–H and O–H groups in total. The summed E-state index contributed by atoms with van der Waals surface area (Å²) >= 11 is 0. The van der Waals surface area contributed by atoms with Crippen LogP contribution in [-0.2, 0) is 19.4 Å². The van der Waals surface area contributed by atoms with Gasteiger partial charge in [-0.2, -0.15) is 0 Å². The lowest BCUT2D eigenvalue weighted by atomic mass is 9.85. The number of ether oxygens (including phenoxy) is 2. The van der Waals surface area contributed by atoms with Gasteiger partial charge in [0.25, 0.3) is 0 Å². The second-order valence-electron chi connectivity index (χ2n) is 5.92. The Balaban J connectivity index is 1.65. The Morgan fingerprint density at radius 3 is 2.52 bits per heavy atom. The van der Waals surface area contributed by atoms with E-state index in [0.717, 1.165) is 23.0 Å². The van der Waals surface area contributed by atoms with Crippen molar-refractivity contribution >= 4 is 0 Å². The molecule has 0 saturated heterocycles. The molecule has 1 aliphatic rings. The number of hydrogen-bond acceptors (Lipinski definition) is 2. The first-order chi connectivity index (χ1) is 10.2. The number of benzene rings is 2. The molecule has 0 heterocycles. The maximum atomic E-state index is 5.92. The van der Waals surface area contributed by atoms with Crippen molar-refractivity contribution in [2.24, 2.45) is 5.92 Å². The Labute approximate surface area is 126 Å². The second-order valence-corrected chi connectivity index (χ2v) is 5.92. The Bertz CT molecular complexity index is 601. The van der Waals surface area contributed by atoms with Crippen LogP contribution in [0.4, 0.5) is 0 Å². The molecule has 2 aromatic rings. The molecule has 1 aliphatic carbocycles. The quantitative estimate of drug-likeness (QED) is 0.827. The average Bonchev–Trinajstić information content (AvgIpc) is 2.53. The SMILES string of the molecule is COc1ccc(COc2ccc3c(c2)CCC(C)C3)cc1. The molecule has 2 heteroatoms. The largest absolute Gasteiger partial charge is 0.497 e. The van der Waals surface area contributed by atoms with Crippen molar-refractivity contribution < 1.29 is 9.47 Å². The minimum absolute atomic E-state index is 0.596. The van der Waals surface area contributed by atoms with Crippen molar-refractivity contribution in [3.63, 3.8) is 0 Å². The minimum Gasteiger partial charge on any atom is -0.497 e. The average molecular weight is 282 g/mol. The normalized spacial score (nSPS) is 17.1. The van der Waals surface area contributed by atoms with Gasteiger partial charge in [-0.15, -0.1) is 0 Å². The fourth-order valence-corrected chi connectivity index (χ4v) is 2.89. The third-order valence-electron chi connectivity index (χ3n) is 4.22. The van der Waals surface area contributed by atoms with Crippen molar-refractivity contribution in [1.82, 2.24) is 0 Å². The molecule has 0 amide bonds. The van der Waals surface area contributed by atoms with Crippen LogP contribution in [0.2, 0.25) is 0 Å². The van der Waals surface area contributed by atoms with Crippen LogP contribution in [0.5, 0.6) is 11.5 Å². The van der Waals surface area contributed by atoms with E-state index in [1.54, 1.807) is 7.11 Å². The van der Waals surface area contributed by atoms with E-state index in [1.807, 2.05) is 24.3 Å². The first-order valence-electron chi connectivity index (χ1n) is 7.62. The van der Waals surface area contributed by atoms with Crippen LogP contribution < -0.4 is 9.47 Å². The predicted molar refractivity (Wildman–Crippen MR) is 85.0 cm³/mol. The van der Waals surface area contributed by atoms with E-state index in [1.165, 1.54) is 30.4 Å². The number of aryl methyl sites for hydroxylation is 1. The summed E-state index contributed by atoms with van der Waals surface area (Å²) in [7, 11) is 1.68. The molecule has 0 aromatic heterocycles. The van der Waals surface area contributed by atoms with Gasteiger partial charge in [-0.3, -0.25) is 0 Å². The van der Waals surface area contributed by atoms with Gasteiger partial charge in [0, 0.05) is 0 Å². The maximum absolute atomic E-state index is 5.92. The Hall–Kier alpha value is -1.96. The molecule has 0 aliphatic heterocycles. The van der Waals surface area contributed by atoms with Crippen molar-refractivity contribution in [2.75, 3.05) is 7.11 Å². The number of hydrogen-bond donors (Lipinski definition) is 0. The van der Waals surface area contributed by atoms with Gasteiger partial charge < -0.3 is 9.47 Å². The third-order valence-corrected chi connectivity index (χ3v) is 4.22. The molecule has 0 spiro atoms. The van der Waals surface area contributed by atoms with E-state index < -0.39 is 0 Å². The van der Waals surface area contributed by atoms with Crippen LogP contribution in [0.3, 0.4) is 0 Å². The van der Waals surface area contributed by atoms with Crippen LogP contribution in [0.1, 0.15) is 30.0 Å². The molecule has 3 rings (SSSR count). The minimum atomic E-state index is 0.596. The van der Waals surface area contributed by atoms with E-state index in [4.69, 9.17) is 9.47 Å². The molecule has 110 valence electrons. The Morgan fingerprint density at radius 1 is 1.00 bits per heavy atom. The lowest BCUT2D eigenvalue weighted by Crippen LogP contribution is -2.11. The molecule has 1 atom stereocenters. The molecular formula is C19H22O2. The molecule has 0 saturated carbocycles. The molecule has 0 radical (unpaired) electrons. The summed E-state index contributed by atoms with van der Waals surface area (Å²) in [4.78, 5) is 0. The van der Waals surface area contributed by atoms with E-state index in [2.05, 4.69) is 25.1 Å². The molecule has 21 heavy (non-hydrogen) atoms. The van der Waals surface area contributed by atoms with Crippen LogP contribution in [0.15, 0.2) is 42.5 Å². The van der Waals surface area contributed by atoms with E-state index >= 15 is 0 Å². The zero-order valence-electron chi connectivity index (χ0n) is 12.8. The first kappa shape index (κ1) is 14.0. The fraction of sp³-hybridized carbons (Fsp3) is 0.368. The van der Waals surface area contributed by atoms with Gasteiger partial charge >= 0.3 is 0 Å². The summed E-state index contributed by atoms with van der Waals surface area (Å²) in [5.74, 6) is 2.66. The van der Waals surface area contributed by atoms with E-state index in [0.29, 0.717) is 6.61 Å². The smallest absolute Gasteiger partial charge is 0.120 e. The molecule has 2 aromatic carbocycles.